The zero-order chi connectivity index (χ0) is 23.7. The van der Waals surface area contributed by atoms with Crippen molar-refractivity contribution >= 4 is 17.8 Å². The zero-order valence-electron chi connectivity index (χ0n) is 20.0. The predicted molar refractivity (Wildman–Crippen MR) is 126 cm³/mol. The van der Waals surface area contributed by atoms with Crippen LogP contribution in [0.25, 0.3) is 0 Å². The number of nitrogens with one attached hydrogen (secondary N) is 1. The molecule has 0 aliphatic rings. The Kier molecular flexibility index (Phi) is 24.6. The number of allylic oxidation sites excluding steroid dienone is 2. The van der Waals surface area contributed by atoms with E-state index in [9.17, 15) is 14.4 Å². The Morgan fingerprint density at radius 1 is 0.774 bits per heavy atom. The molecule has 0 saturated carbocycles. The average Bonchev–Trinajstić information content (AvgIpc) is 2.70. The molecule has 3 N–H and O–H groups in total. The van der Waals surface area contributed by atoms with E-state index in [4.69, 9.17) is 10.2 Å². The number of carboxylic acid groups (broad SMARTS) is 2. The molecule has 0 aromatic rings. The minimum absolute atomic E-state index is 0.0417. The van der Waals surface area contributed by atoms with Gasteiger partial charge in [-0.1, -0.05) is 70.4 Å². The standard InChI is InChI=1S/C21H39NO3.C3H7NO2/c1-3-4-5-6-7-8-9-10-11-12-13-14-15-16-17-18-20(23)22(2)19-21(24)25;1-4-2-3(5)6/h10-11H,3-9,12-19H2,1-2H3,(H,24,25);4H,2H2,1H3,(H,5,6). The summed E-state index contributed by atoms with van der Waals surface area (Å²) in [6.07, 6.45) is 21.1. The van der Waals surface area contributed by atoms with Crippen molar-refractivity contribution in [3.05, 3.63) is 12.2 Å². The summed E-state index contributed by atoms with van der Waals surface area (Å²) < 4.78 is 0. The van der Waals surface area contributed by atoms with Crippen LogP contribution in [-0.4, -0.2) is 60.1 Å². The molecule has 0 aliphatic carbocycles. The van der Waals surface area contributed by atoms with Crippen molar-refractivity contribution in [2.24, 2.45) is 0 Å². The van der Waals surface area contributed by atoms with Crippen LogP contribution in [0.5, 0.6) is 0 Å². The molecular weight excluding hydrogens is 396 g/mol. The van der Waals surface area contributed by atoms with Crippen LogP contribution in [0.4, 0.5) is 0 Å². The lowest BCUT2D eigenvalue weighted by Crippen LogP contribution is -2.31. The number of carbonyl (C=O) groups is 3. The number of rotatable bonds is 19. The van der Waals surface area contributed by atoms with Crippen LogP contribution in [0.3, 0.4) is 0 Å². The van der Waals surface area contributed by atoms with Crippen LogP contribution in [0.2, 0.25) is 0 Å². The second-order valence-corrected chi connectivity index (χ2v) is 7.90. The Bertz CT molecular complexity index is 481. The molecule has 7 heteroatoms. The number of hydrogen-bond acceptors (Lipinski definition) is 4. The van der Waals surface area contributed by atoms with Gasteiger partial charge in [0.25, 0.3) is 0 Å². The summed E-state index contributed by atoms with van der Waals surface area (Å²) in [6, 6.07) is 0. The van der Waals surface area contributed by atoms with Gasteiger partial charge in [0.15, 0.2) is 0 Å². The molecule has 0 unspecified atom stereocenters. The minimum Gasteiger partial charge on any atom is -0.480 e. The molecule has 0 aliphatic heterocycles. The molecule has 0 saturated heterocycles. The quantitative estimate of drug-likeness (QED) is 0.195. The third-order valence-electron chi connectivity index (χ3n) is 4.78. The van der Waals surface area contributed by atoms with Crippen LogP contribution >= 0.6 is 0 Å². The highest BCUT2D eigenvalue weighted by atomic mass is 16.4. The summed E-state index contributed by atoms with van der Waals surface area (Å²) in [5.41, 5.74) is 0. The highest BCUT2D eigenvalue weighted by Crippen LogP contribution is 2.10. The van der Waals surface area contributed by atoms with Gasteiger partial charge in [-0.15, -0.1) is 0 Å². The Morgan fingerprint density at radius 2 is 1.26 bits per heavy atom. The third kappa shape index (κ3) is 28.1. The van der Waals surface area contributed by atoms with Gasteiger partial charge >= 0.3 is 11.9 Å². The summed E-state index contributed by atoms with van der Waals surface area (Å²) in [5.74, 6) is -1.85. The maximum absolute atomic E-state index is 11.7. The van der Waals surface area contributed by atoms with Crippen molar-refractivity contribution in [1.82, 2.24) is 10.2 Å². The van der Waals surface area contributed by atoms with Gasteiger partial charge in [0.2, 0.25) is 5.91 Å². The van der Waals surface area contributed by atoms with Crippen LogP contribution in [0.1, 0.15) is 96.8 Å². The van der Waals surface area contributed by atoms with E-state index in [1.54, 1.807) is 14.1 Å². The van der Waals surface area contributed by atoms with E-state index in [0.717, 1.165) is 25.7 Å². The lowest BCUT2D eigenvalue weighted by atomic mass is 10.1. The Morgan fingerprint density at radius 3 is 1.68 bits per heavy atom. The van der Waals surface area contributed by atoms with Gasteiger partial charge in [0.1, 0.15) is 6.54 Å². The molecule has 0 atom stereocenters. The molecule has 1 amide bonds. The van der Waals surface area contributed by atoms with Gasteiger partial charge in [-0.25, -0.2) is 0 Å². The molecule has 0 heterocycles. The SMILES string of the molecule is CCCCCCCCC=CCCCCCCCC(=O)N(C)CC(=O)O.CNCC(=O)O. The van der Waals surface area contributed by atoms with Gasteiger partial charge in [0, 0.05) is 13.5 Å². The van der Waals surface area contributed by atoms with Crippen molar-refractivity contribution in [3.63, 3.8) is 0 Å². The van der Waals surface area contributed by atoms with E-state index >= 15 is 0 Å². The Hall–Kier alpha value is -1.89. The van der Waals surface area contributed by atoms with Crippen LogP contribution in [0, 0.1) is 0 Å². The van der Waals surface area contributed by atoms with Gasteiger partial charge in [-0.2, -0.15) is 0 Å². The Labute approximate surface area is 189 Å². The van der Waals surface area contributed by atoms with Crippen LogP contribution in [-0.2, 0) is 14.4 Å². The van der Waals surface area contributed by atoms with E-state index < -0.39 is 11.9 Å². The second kappa shape index (κ2) is 24.4. The third-order valence-corrected chi connectivity index (χ3v) is 4.78. The summed E-state index contributed by atoms with van der Waals surface area (Å²) in [7, 11) is 3.14. The first-order valence-corrected chi connectivity index (χ1v) is 11.8. The number of carbonyl (C=O) groups excluding carboxylic acids is 1. The first-order chi connectivity index (χ1) is 14.8. The minimum atomic E-state index is -0.958. The van der Waals surface area contributed by atoms with Gasteiger partial charge in [-0.05, 0) is 39.2 Å². The van der Waals surface area contributed by atoms with Gasteiger partial charge < -0.3 is 20.4 Å². The molecule has 7 nitrogen and oxygen atoms in total. The number of carboxylic acids is 2. The fourth-order valence-corrected chi connectivity index (χ4v) is 2.98. The number of likely N-dealkylation sites (N-methyl/N-ethyl adjacent to an activating group) is 2. The molecule has 0 radical (unpaired) electrons. The number of amides is 1. The fourth-order valence-electron chi connectivity index (χ4n) is 2.98. The lowest BCUT2D eigenvalue weighted by Gasteiger charge is -2.14. The highest BCUT2D eigenvalue weighted by Gasteiger charge is 2.10. The number of nitrogens with zero attached hydrogens (tertiary/aromatic N) is 1. The van der Waals surface area contributed by atoms with E-state index in [2.05, 4.69) is 24.4 Å². The van der Waals surface area contributed by atoms with Gasteiger partial charge in [-0.3, -0.25) is 14.4 Å². The van der Waals surface area contributed by atoms with E-state index in [1.807, 2.05) is 0 Å². The average molecular weight is 443 g/mol. The Balaban J connectivity index is 0. The topological polar surface area (TPSA) is 107 Å². The fraction of sp³-hybridized carbons (Fsp3) is 0.792. The highest BCUT2D eigenvalue weighted by molar-refractivity contribution is 5.80. The molecule has 0 bridgehead atoms. The molecular formula is C24H46N2O5. The smallest absolute Gasteiger partial charge is 0.323 e. The van der Waals surface area contributed by atoms with Crippen molar-refractivity contribution in [3.8, 4) is 0 Å². The van der Waals surface area contributed by atoms with Gasteiger partial charge in [0.05, 0.1) is 6.54 Å². The number of unbranched alkanes of at least 4 members (excludes halogenated alkanes) is 11. The molecule has 0 fully saturated rings. The maximum atomic E-state index is 11.7. The summed E-state index contributed by atoms with van der Waals surface area (Å²) >= 11 is 0. The lowest BCUT2D eigenvalue weighted by molar-refractivity contribution is -0.143. The zero-order valence-corrected chi connectivity index (χ0v) is 20.0. The predicted octanol–water partition coefficient (Wildman–Crippen LogP) is 4.86. The summed E-state index contributed by atoms with van der Waals surface area (Å²) in [4.78, 5) is 33.0. The van der Waals surface area contributed by atoms with Crippen LogP contribution in [0.15, 0.2) is 12.2 Å². The molecule has 0 aromatic heterocycles. The summed E-state index contributed by atoms with van der Waals surface area (Å²) in [5, 5.41) is 19.0. The van der Waals surface area contributed by atoms with E-state index in [0.29, 0.717) is 6.42 Å². The number of hydrogen-bond donors (Lipinski definition) is 3. The first-order valence-electron chi connectivity index (χ1n) is 11.8. The monoisotopic (exact) mass is 442 g/mol. The van der Waals surface area contributed by atoms with Crippen molar-refractivity contribution in [1.29, 1.82) is 0 Å². The number of aliphatic carboxylic acids is 2. The van der Waals surface area contributed by atoms with E-state index in [1.165, 1.54) is 62.7 Å². The summed E-state index contributed by atoms with van der Waals surface area (Å²) in [6.45, 7) is 2.09. The molecule has 0 aromatic carbocycles. The molecule has 31 heavy (non-hydrogen) atoms. The maximum Gasteiger partial charge on any atom is 0.323 e. The van der Waals surface area contributed by atoms with Crippen molar-refractivity contribution in [2.45, 2.75) is 96.8 Å². The normalized spacial score (nSPS) is 10.5. The van der Waals surface area contributed by atoms with Crippen molar-refractivity contribution < 1.29 is 24.6 Å². The largest absolute Gasteiger partial charge is 0.480 e. The molecule has 0 rings (SSSR count). The van der Waals surface area contributed by atoms with E-state index in [-0.39, 0.29) is 19.0 Å². The van der Waals surface area contributed by atoms with Crippen molar-refractivity contribution in [2.75, 3.05) is 27.2 Å². The second-order valence-electron chi connectivity index (χ2n) is 7.90. The molecule has 0 spiro atoms. The molecule has 182 valence electrons. The first kappa shape index (κ1) is 31.3. The van der Waals surface area contributed by atoms with Crippen LogP contribution < -0.4 is 5.32 Å².